The minimum absolute atomic E-state index is 0.0529. The Kier molecular flexibility index (Phi) is 17.2. The minimum Gasteiger partial charge on any atom is -0.494 e. The zero-order valence-electron chi connectivity index (χ0n) is 30.4. The lowest BCUT2D eigenvalue weighted by Gasteiger charge is -2.21. The fourth-order valence-electron chi connectivity index (χ4n) is 5.61. The first-order valence-corrected chi connectivity index (χ1v) is 18.4. The smallest absolute Gasteiger partial charge is 0.343 e. The van der Waals surface area contributed by atoms with E-state index in [0.717, 1.165) is 68.6 Å². The molecular weight excluding hydrogens is 676 g/mol. The fraction of sp³-hybridized carbons (Fsp3) is 0.395. The Bertz CT molecular complexity index is 1620. The van der Waals surface area contributed by atoms with Gasteiger partial charge in [-0.05, 0) is 124 Å². The topological polar surface area (TPSA) is 124 Å². The summed E-state index contributed by atoms with van der Waals surface area (Å²) in [6.45, 7) is 8.69. The van der Waals surface area contributed by atoms with Crippen molar-refractivity contribution in [2.75, 3.05) is 26.4 Å². The first-order valence-electron chi connectivity index (χ1n) is 18.4. The van der Waals surface area contributed by atoms with Crippen LogP contribution in [-0.2, 0) is 28.6 Å². The molecule has 0 aromatic heterocycles. The number of unbranched alkanes of at least 4 members (excludes halogenated alkanes) is 4. The maximum absolute atomic E-state index is 12.7. The molecule has 0 spiro atoms. The number of hydrogen-bond donors (Lipinski definition) is 0. The third kappa shape index (κ3) is 15.0. The van der Waals surface area contributed by atoms with Gasteiger partial charge in [0.05, 0.1) is 38.4 Å². The summed E-state index contributed by atoms with van der Waals surface area (Å²) in [6.07, 6.45) is 10.9. The van der Waals surface area contributed by atoms with E-state index < -0.39 is 23.9 Å². The summed E-state index contributed by atoms with van der Waals surface area (Å²) in [6, 6.07) is 21.8. The van der Waals surface area contributed by atoms with Crippen molar-refractivity contribution in [2.24, 2.45) is 0 Å². The minimum atomic E-state index is -0.577. The molecule has 0 saturated heterocycles. The molecule has 0 aliphatic heterocycles. The Morgan fingerprint density at radius 3 is 1.75 bits per heavy atom. The second-order valence-electron chi connectivity index (χ2n) is 12.8. The van der Waals surface area contributed by atoms with E-state index >= 15 is 0 Å². The second-order valence-corrected chi connectivity index (χ2v) is 12.8. The summed E-state index contributed by atoms with van der Waals surface area (Å²) in [5.41, 5.74) is 2.45. The highest BCUT2D eigenvalue weighted by atomic mass is 16.6. The van der Waals surface area contributed by atoms with Crippen LogP contribution in [-0.4, -0.2) is 56.4 Å². The zero-order chi connectivity index (χ0) is 37.7. The Hall–Kier alpha value is -5.38. The molecule has 0 amide bonds. The molecule has 3 aromatic carbocycles. The fourth-order valence-corrected chi connectivity index (χ4v) is 5.61. The predicted octanol–water partition coefficient (Wildman–Crippen LogP) is 8.77. The van der Waals surface area contributed by atoms with Gasteiger partial charge in [-0.2, -0.15) is 0 Å². The third-order valence-electron chi connectivity index (χ3n) is 8.60. The summed E-state index contributed by atoms with van der Waals surface area (Å²) < 4.78 is 32.8. The molecule has 10 nitrogen and oxygen atoms in total. The van der Waals surface area contributed by atoms with Gasteiger partial charge in [0.15, 0.2) is 0 Å². The first-order chi connectivity index (χ1) is 25.8. The molecule has 0 N–H and O–H groups in total. The third-order valence-corrected chi connectivity index (χ3v) is 8.60. The van der Waals surface area contributed by atoms with Crippen LogP contribution in [0.1, 0.15) is 87.4 Å². The summed E-state index contributed by atoms with van der Waals surface area (Å²) >= 11 is 0. The lowest BCUT2D eigenvalue weighted by Crippen LogP contribution is -2.22. The van der Waals surface area contributed by atoms with Crippen molar-refractivity contribution in [1.82, 2.24) is 0 Å². The second kappa shape index (κ2) is 22.5. The van der Waals surface area contributed by atoms with Crippen LogP contribution in [0.25, 0.3) is 11.1 Å². The lowest BCUT2D eigenvalue weighted by atomic mass is 9.98. The van der Waals surface area contributed by atoms with Crippen LogP contribution < -0.4 is 14.2 Å². The van der Waals surface area contributed by atoms with Gasteiger partial charge in [-0.15, -0.1) is 0 Å². The molecule has 0 radical (unpaired) electrons. The van der Waals surface area contributed by atoms with E-state index in [4.69, 9.17) is 28.4 Å². The standard InChI is InChI=1S/C43H50O10/c1-3-40(44)50-29-10-5-4-9-27-48-37-23-25-39(26-24-37)53-43(47)35-17-15-33(16-18-35)34-19-21-36(22-20-34)49-28-11-12-30-51-42(46)32(2)31-41(45)52-38-13-7-6-8-14-38/h3,15-26,38H,1-2,4-14,27-31H2. The van der Waals surface area contributed by atoms with Crippen LogP contribution >= 0.6 is 0 Å². The number of carbonyl (C=O) groups is 4. The quantitative estimate of drug-likeness (QED) is 0.0326. The summed E-state index contributed by atoms with van der Waals surface area (Å²) in [5, 5.41) is 0. The van der Waals surface area contributed by atoms with Crippen LogP contribution in [0.2, 0.25) is 0 Å². The number of hydrogen-bond acceptors (Lipinski definition) is 10. The Morgan fingerprint density at radius 1 is 0.623 bits per heavy atom. The number of esters is 4. The molecule has 0 atom stereocenters. The summed E-state index contributed by atoms with van der Waals surface area (Å²) in [4.78, 5) is 48.1. The highest BCUT2D eigenvalue weighted by molar-refractivity contribution is 5.93. The predicted molar refractivity (Wildman–Crippen MR) is 201 cm³/mol. The van der Waals surface area contributed by atoms with Crippen LogP contribution in [0.5, 0.6) is 17.2 Å². The monoisotopic (exact) mass is 726 g/mol. The van der Waals surface area contributed by atoms with Crippen molar-refractivity contribution in [1.29, 1.82) is 0 Å². The molecule has 1 aliphatic rings. The van der Waals surface area contributed by atoms with Gasteiger partial charge in [-0.1, -0.05) is 43.8 Å². The van der Waals surface area contributed by atoms with E-state index in [-0.39, 0.29) is 24.7 Å². The van der Waals surface area contributed by atoms with E-state index in [9.17, 15) is 19.2 Å². The van der Waals surface area contributed by atoms with Gasteiger partial charge in [0.1, 0.15) is 23.4 Å². The van der Waals surface area contributed by atoms with Gasteiger partial charge < -0.3 is 28.4 Å². The molecule has 10 heteroatoms. The van der Waals surface area contributed by atoms with Crippen LogP contribution in [0, 0.1) is 0 Å². The Morgan fingerprint density at radius 2 is 1.13 bits per heavy atom. The normalized spacial score (nSPS) is 12.6. The van der Waals surface area contributed by atoms with Crippen molar-refractivity contribution < 1.29 is 47.6 Å². The Labute approximate surface area is 312 Å². The van der Waals surface area contributed by atoms with Crippen molar-refractivity contribution in [3.63, 3.8) is 0 Å². The molecule has 0 unspecified atom stereocenters. The van der Waals surface area contributed by atoms with Crippen molar-refractivity contribution in [3.05, 3.63) is 103 Å². The average molecular weight is 727 g/mol. The molecule has 282 valence electrons. The number of benzene rings is 3. The number of carbonyl (C=O) groups excluding carboxylic acids is 4. The van der Waals surface area contributed by atoms with Gasteiger partial charge in [0.25, 0.3) is 0 Å². The van der Waals surface area contributed by atoms with Gasteiger partial charge in [-0.25, -0.2) is 14.4 Å². The zero-order valence-corrected chi connectivity index (χ0v) is 30.4. The number of rotatable bonds is 22. The van der Waals surface area contributed by atoms with Gasteiger partial charge >= 0.3 is 23.9 Å². The van der Waals surface area contributed by atoms with Crippen LogP contribution in [0.3, 0.4) is 0 Å². The SMILES string of the molecule is C=CC(=O)OCCCCCCOc1ccc(OC(=O)c2ccc(-c3ccc(OCCCCOC(=O)C(=C)CC(=O)OC4CCCCC4)cc3)cc2)cc1. The van der Waals surface area contributed by atoms with E-state index in [1.165, 1.54) is 6.42 Å². The van der Waals surface area contributed by atoms with Gasteiger partial charge in [0.2, 0.25) is 0 Å². The molecule has 1 saturated carbocycles. The summed E-state index contributed by atoms with van der Waals surface area (Å²) in [5.74, 6) is -0.0269. The maximum Gasteiger partial charge on any atom is 0.343 e. The van der Waals surface area contributed by atoms with E-state index in [1.807, 2.05) is 36.4 Å². The molecule has 3 aromatic rings. The highest BCUT2D eigenvalue weighted by Crippen LogP contribution is 2.25. The Balaban J connectivity index is 1.07. The lowest BCUT2D eigenvalue weighted by molar-refractivity contribution is -0.151. The van der Waals surface area contributed by atoms with Crippen molar-refractivity contribution in [2.45, 2.75) is 83.2 Å². The van der Waals surface area contributed by atoms with Crippen LogP contribution in [0.4, 0.5) is 0 Å². The molecule has 53 heavy (non-hydrogen) atoms. The number of ether oxygens (including phenoxy) is 6. The summed E-state index contributed by atoms with van der Waals surface area (Å²) in [7, 11) is 0. The molecule has 4 rings (SSSR count). The molecule has 1 fully saturated rings. The molecule has 1 aliphatic carbocycles. The largest absolute Gasteiger partial charge is 0.494 e. The molecule has 0 bridgehead atoms. The highest BCUT2D eigenvalue weighted by Gasteiger charge is 2.20. The van der Waals surface area contributed by atoms with Crippen LogP contribution in [0.15, 0.2) is 97.6 Å². The van der Waals surface area contributed by atoms with Gasteiger partial charge in [-0.3, -0.25) is 4.79 Å². The van der Waals surface area contributed by atoms with E-state index in [2.05, 4.69) is 13.2 Å². The van der Waals surface area contributed by atoms with Gasteiger partial charge in [0, 0.05) is 11.6 Å². The first kappa shape index (κ1) is 40.4. The average Bonchev–Trinajstić information content (AvgIpc) is 3.18. The van der Waals surface area contributed by atoms with E-state index in [1.54, 1.807) is 36.4 Å². The van der Waals surface area contributed by atoms with Crippen molar-refractivity contribution >= 4 is 23.9 Å². The van der Waals surface area contributed by atoms with E-state index in [0.29, 0.717) is 55.5 Å². The molecular formula is C43H50O10. The maximum atomic E-state index is 12.7. The molecule has 0 heterocycles. The van der Waals surface area contributed by atoms with Crippen molar-refractivity contribution in [3.8, 4) is 28.4 Å².